The number of nitrogens with zero attached hydrogens (tertiary/aromatic N) is 6. The monoisotopic (exact) mass is 410 g/mol. The summed E-state index contributed by atoms with van der Waals surface area (Å²) in [4.78, 5) is 17.7. The van der Waals surface area contributed by atoms with Gasteiger partial charge in [-0.1, -0.05) is 72.8 Å². The van der Waals surface area contributed by atoms with Crippen LogP contribution in [0.3, 0.4) is 0 Å². The van der Waals surface area contributed by atoms with E-state index in [0.29, 0.717) is 18.3 Å². The highest BCUT2D eigenvalue weighted by atomic mass is 15.4. The van der Waals surface area contributed by atoms with Crippen LogP contribution in [0.4, 0.5) is 11.6 Å². The Morgan fingerprint density at radius 3 is 2.12 bits per heavy atom. The number of fused-ring (bicyclic) bond motifs is 11. The molecule has 1 atom stereocenters. The number of benzene rings is 3. The second-order valence-electron chi connectivity index (χ2n) is 8.43. The van der Waals surface area contributed by atoms with E-state index >= 15 is 0 Å². The maximum absolute atomic E-state index is 6.65. The van der Waals surface area contributed by atoms with E-state index in [4.69, 9.17) is 23.0 Å². The first kappa shape index (κ1) is 16.6. The lowest BCUT2D eigenvalue weighted by molar-refractivity contribution is 0.241. The molecule has 3 aliphatic rings. The summed E-state index contributed by atoms with van der Waals surface area (Å²) < 4.78 is 3.82. The zero-order valence-electron chi connectivity index (χ0n) is 17.0. The van der Waals surface area contributed by atoms with Gasteiger partial charge in [0.05, 0.1) is 0 Å². The maximum atomic E-state index is 6.65. The van der Waals surface area contributed by atoms with Crippen LogP contribution in [0.25, 0.3) is 21.5 Å². The fourth-order valence-corrected chi connectivity index (χ4v) is 5.36. The molecule has 8 rings (SSSR count). The van der Waals surface area contributed by atoms with Crippen molar-refractivity contribution in [3.63, 3.8) is 0 Å². The van der Waals surface area contributed by atoms with Crippen LogP contribution in [0.5, 0.6) is 0 Å². The van der Waals surface area contributed by atoms with Crippen LogP contribution in [-0.2, 0) is 6.67 Å². The molecule has 1 unspecified atom stereocenters. The number of aliphatic imine (C=N–C) groups is 1. The van der Waals surface area contributed by atoms with Crippen LogP contribution in [0.2, 0.25) is 0 Å². The van der Waals surface area contributed by atoms with Crippen LogP contribution >= 0.6 is 0 Å². The predicted molar refractivity (Wildman–Crippen MR) is 124 cm³/mol. The van der Waals surface area contributed by atoms with Gasteiger partial charge in [0.2, 0.25) is 7.98 Å². The van der Waals surface area contributed by atoms with E-state index in [-0.39, 0.29) is 6.17 Å². The van der Waals surface area contributed by atoms with Crippen molar-refractivity contribution in [1.29, 1.82) is 0 Å². The molecule has 32 heavy (non-hydrogen) atoms. The van der Waals surface area contributed by atoms with E-state index < -0.39 is 0 Å². The number of rotatable bonds is 0. The van der Waals surface area contributed by atoms with Gasteiger partial charge in [-0.2, -0.15) is 0 Å². The second-order valence-corrected chi connectivity index (χ2v) is 8.43. The van der Waals surface area contributed by atoms with E-state index in [0.717, 1.165) is 43.9 Å². The molecule has 3 aliphatic heterocycles. The maximum Gasteiger partial charge on any atom is 0.238 e. The molecule has 2 radical (unpaired) electrons. The molecule has 0 fully saturated rings. The summed E-state index contributed by atoms with van der Waals surface area (Å²) in [6.07, 6.45) is -0.116. The highest BCUT2D eigenvalue weighted by Crippen LogP contribution is 2.41. The molecule has 0 saturated heterocycles. The van der Waals surface area contributed by atoms with Crippen molar-refractivity contribution in [3.8, 4) is 0 Å². The van der Waals surface area contributed by atoms with Crippen molar-refractivity contribution in [2.24, 2.45) is 15.0 Å². The Bertz CT molecular complexity index is 1790. The summed E-state index contributed by atoms with van der Waals surface area (Å²) in [7, 11) is 6.65. The van der Waals surface area contributed by atoms with E-state index in [1.165, 1.54) is 5.56 Å². The third kappa shape index (κ3) is 1.86. The molecule has 2 aromatic heterocycles. The Morgan fingerprint density at radius 2 is 1.34 bits per heavy atom. The smallest absolute Gasteiger partial charge is 0.238 e. The van der Waals surface area contributed by atoms with E-state index in [1.807, 2.05) is 18.2 Å². The molecule has 3 aromatic carbocycles. The molecule has 148 valence electrons. The normalized spacial score (nSPS) is 17.7. The standard InChI is InChI=1S/C25H15BN6/c26-32-24-18-11-5-6-12-19(18)25(32)29-23-17-10-4-2-8-15(17)21-27-20-14-7-1-3-9-16(14)22(28-24)30(20)13-31(21)23/h1-12,20H,13H2. The van der Waals surface area contributed by atoms with Gasteiger partial charge in [-0.3, -0.25) is 4.57 Å². The highest BCUT2D eigenvalue weighted by Gasteiger charge is 2.38. The fourth-order valence-electron chi connectivity index (χ4n) is 5.36. The predicted octanol–water partition coefficient (Wildman–Crippen LogP) is 3.48. The molecular weight excluding hydrogens is 395 g/mol. The van der Waals surface area contributed by atoms with Crippen LogP contribution in [-0.4, -0.2) is 27.8 Å². The average molecular weight is 410 g/mol. The van der Waals surface area contributed by atoms with Crippen LogP contribution in [0, 0.1) is 0 Å². The molecule has 0 saturated carbocycles. The first-order chi connectivity index (χ1) is 15.8. The van der Waals surface area contributed by atoms with E-state index in [9.17, 15) is 0 Å². The van der Waals surface area contributed by atoms with Crippen molar-refractivity contribution in [1.82, 2.24) is 13.9 Å². The highest BCUT2D eigenvalue weighted by molar-refractivity contribution is 6.18. The molecule has 0 amide bonds. The van der Waals surface area contributed by atoms with E-state index in [1.54, 1.807) is 4.48 Å². The SMILES string of the molecule is [B]n1c2c3ccccc3c1N=c1c3ccccc3c3n1CN1C(=N2)c2ccccc2C1N=3. The van der Waals surface area contributed by atoms with Gasteiger partial charge >= 0.3 is 0 Å². The molecule has 4 bridgehead atoms. The quantitative estimate of drug-likeness (QED) is 0.361. The Morgan fingerprint density at radius 1 is 0.719 bits per heavy atom. The number of amidine groups is 1. The van der Waals surface area contributed by atoms with Crippen LogP contribution in [0.1, 0.15) is 17.3 Å². The molecule has 5 heterocycles. The number of aromatic nitrogens is 2. The Labute approximate surface area is 183 Å². The molecule has 6 nitrogen and oxygen atoms in total. The van der Waals surface area contributed by atoms with Crippen molar-refractivity contribution >= 4 is 47.0 Å². The lowest BCUT2D eigenvalue weighted by Gasteiger charge is -2.29. The van der Waals surface area contributed by atoms with Gasteiger partial charge in [0.25, 0.3) is 0 Å². The molecule has 7 heteroatoms. The third-order valence-corrected chi connectivity index (χ3v) is 6.79. The summed E-state index contributed by atoms with van der Waals surface area (Å²) in [6, 6.07) is 24.9. The summed E-state index contributed by atoms with van der Waals surface area (Å²) in [6.45, 7) is 0.631. The van der Waals surface area contributed by atoms with Crippen molar-refractivity contribution in [3.05, 3.63) is 94.9 Å². The van der Waals surface area contributed by atoms with Gasteiger partial charge < -0.3 is 9.38 Å². The van der Waals surface area contributed by atoms with Gasteiger partial charge in [0.1, 0.15) is 35.1 Å². The summed E-state index contributed by atoms with van der Waals surface area (Å²) >= 11 is 0. The Hall–Kier alpha value is -4.13. The average Bonchev–Trinajstić information content (AvgIpc) is 3.41. The lowest BCUT2D eigenvalue weighted by atomic mass is 10.1. The molecule has 0 spiro atoms. The third-order valence-electron chi connectivity index (χ3n) is 6.79. The second kappa shape index (κ2) is 5.56. The van der Waals surface area contributed by atoms with Gasteiger partial charge in [0, 0.05) is 32.7 Å². The summed E-state index contributed by atoms with van der Waals surface area (Å²) in [5.74, 6) is 2.31. The minimum atomic E-state index is -0.116. The van der Waals surface area contributed by atoms with Gasteiger partial charge in [-0.15, -0.1) is 0 Å². The van der Waals surface area contributed by atoms with Gasteiger partial charge in [-0.25, -0.2) is 15.0 Å². The zero-order valence-corrected chi connectivity index (χ0v) is 17.0. The first-order valence-electron chi connectivity index (χ1n) is 10.7. The van der Waals surface area contributed by atoms with Crippen molar-refractivity contribution in [2.45, 2.75) is 12.8 Å². The Balaban J connectivity index is 1.66. The molecule has 0 N–H and O–H groups in total. The van der Waals surface area contributed by atoms with Gasteiger partial charge in [0.15, 0.2) is 6.17 Å². The number of hydrogen-bond donors (Lipinski definition) is 0. The largest absolute Gasteiger partial charge is 0.367 e. The van der Waals surface area contributed by atoms with Crippen LogP contribution in [0.15, 0.2) is 87.8 Å². The summed E-state index contributed by atoms with van der Waals surface area (Å²) in [5, 5.41) is 4.15. The van der Waals surface area contributed by atoms with E-state index in [2.05, 4.69) is 64.1 Å². The first-order valence-corrected chi connectivity index (χ1v) is 10.7. The van der Waals surface area contributed by atoms with Crippen molar-refractivity contribution in [2.75, 3.05) is 0 Å². The van der Waals surface area contributed by atoms with Crippen LogP contribution < -0.4 is 11.0 Å². The number of hydrogen-bond acceptors (Lipinski definition) is 4. The fraction of sp³-hybridized carbons (Fsp3) is 0.0800. The Kier molecular flexibility index (Phi) is 2.88. The topological polar surface area (TPSA) is 50.2 Å². The van der Waals surface area contributed by atoms with Crippen molar-refractivity contribution < 1.29 is 0 Å². The molecular formula is C25H15BN6. The van der Waals surface area contributed by atoms with Gasteiger partial charge in [-0.05, 0) is 0 Å². The minimum Gasteiger partial charge on any atom is -0.367 e. The lowest BCUT2D eigenvalue weighted by Crippen LogP contribution is -2.43. The summed E-state index contributed by atoms with van der Waals surface area (Å²) in [5.41, 5.74) is 4.09. The minimum absolute atomic E-state index is 0.116. The zero-order chi connectivity index (χ0) is 21.0. The molecule has 5 aromatic rings. The molecule has 0 aliphatic carbocycles.